The number of anilines is 1. The Bertz CT molecular complexity index is 533. The van der Waals surface area contributed by atoms with Crippen molar-refractivity contribution in [2.75, 3.05) is 11.9 Å². The van der Waals surface area contributed by atoms with Crippen LogP contribution in [-0.2, 0) is 0 Å². The Morgan fingerprint density at radius 3 is 2.63 bits per heavy atom. The Kier molecular flexibility index (Phi) is 4.80. The Hall–Kier alpha value is -1.55. The minimum Gasteiger partial charge on any atom is -0.489 e. The van der Waals surface area contributed by atoms with Crippen LogP contribution >= 0.6 is 15.9 Å². The smallest absolute Gasteiger partial charge is 0.137 e. The summed E-state index contributed by atoms with van der Waals surface area (Å²) in [6, 6.07) is 14.6. The molecule has 19 heavy (non-hydrogen) atoms. The standard InChI is InChI=1S/C15H15BrFNO/c1-11(10-18-12-5-3-2-4-6-12)19-13-7-8-15(17)14(16)9-13/h2-9,11,18H,10H2,1H3. The maximum absolute atomic E-state index is 13.1. The first-order valence-corrected chi connectivity index (χ1v) is 6.85. The van der Waals surface area contributed by atoms with Crippen molar-refractivity contribution >= 4 is 21.6 Å². The van der Waals surface area contributed by atoms with Crippen LogP contribution in [-0.4, -0.2) is 12.6 Å². The van der Waals surface area contributed by atoms with Gasteiger partial charge in [-0.2, -0.15) is 0 Å². The molecule has 100 valence electrons. The molecule has 0 radical (unpaired) electrons. The predicted molar refractivity (Wildman–Crippen MR) is 79.1 cm³/mol. The Morgan fingerprint density at radius 1 is 1.21 bits per heavy atom. The van der Waals surface area contributed by atoms with Crippen molar-refractivity contribution in [1.29, 1.82) is 0 Å². The van der Waals surface area contributed by atoms with Crippen LogP contribution in [0.25, 0.3) is 0 Å². The highest BCUT2D eigenvalue weighted by Crippen LogP contribution is 2.22. The molecule has 2 nitrogen and oxygen atoms in total. The zero-order valence-corrected chi connectivity index (χ0v) is 12.2. The highest BCUT2D eigenvalue weighted by Gasteiger charge is 2.06. The molecule has 0 fully saturated rings. The maximum Gasteiger partial charge on any atom is 0.137 e. The number of benzene rings is 2. The quantitative estimate of drug-likeness (QED) is 0.876. The van der Waals surface area contributed by atoms with Gasteiger partial charge in [0.25, 0.3) is 0 Å². The van der Waals surface area contributed by atoms with Crippen LogP contribution in [0.1, 0.15) is 6.92 Å². The Morgan fingerprint density at radius 2 is 1.95 bits per heavy atom. The van der Waals surface area contributed by atoms with E-state index >= 15 is 0 Å². The number of para-hydroxylation sites is 1. The molecule has 2 rings (SSSR count). The summed E-state index contributed by atoms with van der Waals surface area (Å²) in [7, 11) is 0. The molecule has 0 heterocycles. The van der Waals surface area contributed by atoms with Gasteiger partial charge in [-0.25, -0.2) is 4.39 Å². The topological polar surface area (TPSA) is 21.3 Å². The van der Waals surface area contributed by atoms with Crippen LogP contribution in [0, 0.1) is 5.82 Å². The van der Waals surface area contributed by atoms with Gasteiger partial charge in [0.05, 0.1) is 11.0 Å². The SMILES string of the molecule is CC(CNc1ccccc1)Oc1ccc(F)c(Br)c1. The number of rotatable bonds is 5. The lowest BCUT2D eigenvalue weighted by molar-refractivity contribution is 0.234. The number of hydrogen-bond acceptors (Lipinski definition) is 2. The average molecular weight is 324 g/mol. The van der Waals surface area contributed by atoms with Gasteiger partial charge < -0.3 is 10.1 Å². The molecule has 0 spiro atoms. The normalized spacial score (nSPS) is 11.9. The van der Waals surface area contributed by atoms with Crippen molar-refractivity contribution in [3.8, 4) is 5.75 Å². The molecule has 0 aliphatic heterocycles. The van der Waals surface area contributed by atoms with E-state index < -0.39 is 0 Å². The Labute approximate surface area is 120 Å². The predicted octanol–water partition coefficient (Wildman–Crippen LogP) is 4.47. The molecule has 0 aliphatic rings. The lowest BCUT2D eigenvalue weighted by atomic mass is 10.3. The highest BCUT2D eigenvalue weighted by atomic mass is 79.9. The molecule has 0 saturated heterocycles. The third-order valence-electron chi connectivity index (χ3n) is 2.60. The van der Waals surface area contributed by atoms with E-state index in [0.717, 1.165) is 5.69 Å². The van der Waals surface area contributed by atoms with E-state index in [9.17, 15) is 4.39 Å². The van der Waals surface area contributed by atoms with E-state index in [1.807, 2.05) is 37.3 Å². The molecule has 1 atom stereocenters. The van der Waals surface area contributed by atoms with Gasteiger partial charge >= 0.3 is 0 Å². The van der Waals surface area contributed by atoms with E-state index in [1.54, 1.807) is 12.1 Å². The van der Waals surface area contributed by atoms with Crippen molar-refractivity contribution in [3.05, 3.63) is 58.8 Å². The van der Waals surface area contributed by atoms with Crippen molar-refractivity contribution < 1.29 is 9.13 Å². The van der Waals surface area contributed by atoms with Crippen LogP contribution in [0.5, 0.6) is 5.75 Å². The summed E-state index contributed by atoms with van der Waals surface area (Å²) in [6.45, 7) is 2.65. The van der Waals surface area contributed by atoms with Crippen molar-refractivity contribution in [2.24, 2.45) is 0 Å². The third-order valence-corrected chi connectivity index (χ3v) is 3.20. The first kappa shape index (κ1) is 13.9. The van der Waals surface area contributed by atoms with Gasteiger partial charge in [0, 0.05) is 5.69 Å². The van der Waals surface area contributed by atoms with Crippen LogP contribution < -0.4 is 10.1 Å². The molecule has 1 unspecified atom stereocenters. The maximum atomic E-state index is 13.1. The summed E-state index contributed by atoms with van der Waals surface area (Å²) in [6.07, 6.45) is -0.0161. The number of nitrogens with one attached hydrogen (secondary N) is 1. The second-order valence-corrected chi connectivity index (χ2v) is 5.11. The van der Waals surface area contributed by atoms with Gasteiger partial charge in [-0.1, -0.05) is 18.2 Å². The molecule has 0 saturated carbocycles. The summed E-state index contributed by atoms with van der Waals surface area (Å²) in [5, 5.41) is 3.28. The van der Waals surface area contributed by atoms with Crippen LogP contribution in [0.15, 0.2) is 53.0 Å². The molecule has 0 aliphatic carbocycles. The zero-order chi connectivity index (χ0) is 13.7. The van der Waals surface area contributed by atoms with Crippen LogP contribution in [0.4, 0.5) is 10.1 Å². The molecule has 2 aromatic carbocycles. The summed E-state index contributed by atoms with van der Waals surface area (Å²) >= 11 is 3.14. The van der Waals surface area contributed by atoms with Gasteiger partial charge in [-0.05, 0) is 53.2 Å². The summed E-state index contributed by atoms with van der Waals surface area (Å²) < 4.78 is 19.2. The fourth-order valence-electron chi connectivity index (χ4n) is 1.64. The first-order chi connectivity index (χ1) is 9.15. The minimum atomic E-state index is -0.289. The number of ether oxygens (including phenoxy) is 1. The molecule has 0 amide bonds. The van der Waals surface area contributed by atoms with Gasteiger partial charge in [-0.3, -0.25) is 0 Å². The van der Waals surface area contributed by atoms with Gasteiger partial charge in [0.2, 0.25) is 0 Å². The molecule has 0 bridgehead atoms. The van der Waals surface area contributed by atoms with E-state index in [-0.39, 0.29) is 11.9 Å². The van der Waals surface area contributed by atoms with Crippen molar-refractivity contribution in [3.63, 3.8) is 0 Å². The molecule has 2 aromatic rings. The van der Waals surface area contributed by atoms with Gasteiger partial charge in [0.1, 0.15) is 17.7 Å². The van der Waals surface area contributed by atoms with E-state index in [1.165, 1.54) is 6.07 Å². The largest absolute Gasteiger partial charge is 0.489 e. The van der Waals surface area contributed by atoms with Crippen molar-refractivity contribution in [2.45, 2.75) is 13.0 Å². The minimum absolute atomic E-state index is 0.0161. The first-order valence-electron chi connectivity index (χ1n) is 6.06. The fraction of sp³-hybridized carbons (Fsp3) is 0.200. The van der Waals surface area contributed by atoms with Gasteiger partial charge in [-0.15, -0.1) is 0 Å². The zero-order valence-electron chi connectivity index (χ0n) is 10.6. The monoisotopic (exact) mass is 323 g/mol. The third kappa shape index (κ3) is 4.24. The second kappa shape index (κ2) is 6.57. The highest BCUT2D eigenvalue weighted by molar-refractivity contribution is 9.10. The molecule has 4 heteroatoms. The lowest BCUT2D eigenvalue weighted by Gasteiger charge is -2.16. The molecular weight excluding hydrogens is 309 g/mol. The average Bonchev–Trinajstić information content (AvgIpc) is 2.42. The summed E-state index contributed by atoms with van der Waals surface area (Å²) in [5.41, 5.74) is 1.05. The summed E-state index contributed by atoms with van der Waals surface area (Å²) in [4.78, 5) is 0. The summed E-state index contributed by atoms with van der Waals surface area (Å²) in [5.74, 6) is 0.359. The number of hydrogen-bond donors (Lipinski definition) is 1. The molecular formula is C15H15BrFNO. The fourth-order valence-corrected chi connectivity index (χ4v) is 2.00. The molecule has 0 aromatic heterocycles. The van der Waals surface area contributed by atoms with Gasteiger partial charge in [0.15, 0.2) is 0 Å². The van der Waals surface area contributed by atoms with Crippen LogP contribution in [0.2, 0.25) is 0 Å². The van der Waals surface area contributed by atoms with Crippen molar-refractivity contribution in [1.82, 2.24) is 0 Å². The number of halogens is 2. The second-order valence-electron chi connectivity index (χ2n) is 4.25. The Balaban J connectivity index is 1.87. The van der Waals surface area contributed by atoms with E-state index in [4.69, 9.17) is 4.74 Å². The lowest BCUT2D eigenvalue weighted by Crippen LogP contribution is -2.22. The van der Waals surface area contributed by atoms with Crippen LogP contribution in [0.3, 0.4) is 0 Å². The van der Waals surface area contributed by atoms with E-state index in [2.05, 4.69) is 21.2 Å². The van der Waals surface area contributed by atoms with E-state index in [0.29, 0.717) is 16.8 Å². The molecule has 1 N–H and O–H groups in total.